The molecule has 1 aromatic heterocycles. The van der Waals surface area contributed by atoms with Crippen LogP contribution in [-0.4, -0.2) is 17.6 Å². The van der Waals surface area contributed by atoms with Crippen molar-refractivity contribution in [3.05, 3.63) is 40.4 Å². The quantitative estimate of drug-likeness (QED) is 0.654. The Morgan fingerprint density at radius 3 is 2.38 bits per heavy atom. The zero-order valence-electron chi connectivity index (χ0n) is 18.0. The summed E-state index contributed by atoms with van der Waals surface area (Å²) >= 11 is 1.93. The zero-order valence-corrected chi connectivity index (χ0v) is 18.9. The van der Waals surface area contributed by atoms with Gasteiger partial charge in [0.1, 0.15) is 11.4 Å². The molecule has 2 aromatic rings. The Morgan fingerprint density at radius 2 is 1.79 bits per heavy atom. The lowest BCUT2D eigenvalue weighted by Crippen LogP contribution is -2.37. The minimum Gasteiger partial charge on any atom is -0.481 e. The van der Waals surface area contributed by atoms with Gasteiger partial charge in [-0.25, -0.2) is 9.88 Å². The highest BCUT2D eigenvalue weighted by atomic mass is 32.1. The summed E-state index contributed by atoms with van der Waals surface area (Å²) in [5.41, 5.74) is 4.09. The number of thiazole rings is 1. The van der Waals surface area contributed by atoms with Crippen LogP contribution < -0.4 is 9.88 Å². The number of nitrogens with zero attached hydrogens (tertiary/aromatic N) is 1. The second-order valence-electron chi connectivity index (χ2n) is 10.1. The summed E-state index contributed by atoms with van der Waals surface area (Å²) in [6, 6.07) is 8.48. The molecular weight excluding hydrogens is 380 g/mol. The van der Waals surface area contributed by atoms with Crippen LogP contribution in [0.25, 0.3) is 0 Å². The molecule has 156 valence electrons. The van der Waals surface area contributed by atoms with Gasteiger partial charge in [-0.1, -0.05) is 51.2 Å². The molecule has 0 spiro atoms. The summed E-state index contributed by atoms with van der Waals surface area (Å²) in [5.74, 6) is 0.0312. The molecule has 0 aliphatic heterocycles. The Hall–Kier alpha value is -1.88. The Labute approximate surface area is 178 Å². The zero-order chi connectivity index (χ0) is 20.8. The number of aryl methyl sites for hydroxylation is 1. The van der Waals surface area contributed by atoms with Crippen LogP contribution in [0.1, 0.15) is 75.9 Å². The highest BCUT2D eigenvalue weighted by Crippen LogP contribution is 2.48. The first kappa shape index (κ1) is 20.4. The number of aliphatic carboxylic acids is 1. The normalized spacial score (nSPS) is 19.6. The fraction of sp³-hybridized carbons (Fsp3) is 0.583. The number of carboxylic acid groups (broad SMARTS) is 1. The lowest BCUT2D eigenvalue weighted by molar-refractivity contribution is -0.379. The van der Waals surface area contributed by atoms with Crippen molar-refractivity contribution in [2.75, 3.05) is 11.4 Å². The Morgan fingerprint density at radius 1 is 1.14 bits per heavy atom. The standard InChI is InChI=1S/C24H32N2O2S/c1-23(2)13-14-24(3,4)21-20(23)25-22(29-21)26(15-17-5-6-17)18-10-7-16(8-11-18)9-12-19(27)28/h7-8,10-11,17H,5-6,9,12-15H2,1-4H3,(H,27,28)/p+1. The summed E-state index contributed by atoms with van der Waals surface area (Å²) in [6.07, 6.45) is 5.83. The van der Waals surface area contributed by atoms with Gasteiger partial charge in [0.05, 0.1) is 11.4 Å². The average molecular weight is 414 g/mol. The third kappa shape index (κ3) is 4.35. The number of nitrogens with one attached hydrogen (secondary N) is 1. The van der Waals surface area contributed by atoms with Crippen molar-refractivity contribution in [1.29, 1.82) is 0 Å². The predicted octanol–water partition coefficient (Wildman–Crippen LogP) is 5.48. The minimum absolute atomic E-state index is 0.181. The van der Waals surface area contributed by atoms with E-state index in [-0.39, 0.29) is 17.3 Å². The van der Waals surface area contributed by atoms with E-state index >= 15 is 0 Å². The molecule has 2 aliphatic rings. The van der Waals surface area contributed by atoms with Crippen LogP contribution in [0, 0.1) is 5.92 Å². The first-order valence-electron chi connectivity index (χ1n) is 10.8. The summed E-state index contributed by atoms with van der Waals surface area (Å²) in [5, 5.41) is 10.2. The highest BCUT2D eigenvalue weighted by molar-refractivity contribution is 7.15. The first-order valence-corrected chi connectivity index (χ1v) is 11.6. The average Bonchev–Trinajstić information content (AvgIpc) is 3.36. The van der Waals surface area contributed by atoms with Crippen molar-refractivity contribution in [2.24, 2.45) is 5.92 Å². The molecule has 1 heterocycles. The Kier molecular flexibility index (Phi) is 5.22. The van der Waals surface area contributed by atoms with Gasteiger partial charge in [-0.3, -0.25) is 4.79 Å². The number of hydrogen-bond donors (Lipinski definition) is 1. The lowest BCUT2D eigenvalue weighted by atomic mass is 9.69. The number of H-pyrrole nitrogens is 1. The van der Waals surface area contributed by atoms with Gasteiger partial charge in [0, 0.05) is 17.3 Å². The molecule has 5 heteroatoms. The maximum absolute atomic E-state index is 10.9. The van der Waals surface area contributed by atoms with Gasteiger partial charge >= 0.3 is 11.1 Å². The van der Waals surface area contributed by atoms with Crippen molar-refractivity contribution in [2.45, 2.75) is 77.0 Å². The molecule has 0 amide bonds. The third-order valence-corrected chi connectivity index (χ3v) is 8.06. The molecule has 0 atom stereocenters. The number of fused-ring (bicyclic) bond motifs is 1. The van der Waals surface area contributed by atoms with Crippen LogP contribution in [0.5, 0.6) is 0 Å². The van der Waals surface area contributed by atoms with Crippen LogP contribution in [0.3, 0.4) is 0 Å². The van der Waals surface area contributed by atoms with E-state index in [1.807, 2.05) is 11.3 Å². The lowest BCUT2D eigenvalue weighted by Gasteiger charge is -2.36. The minimum atomic E-state index is -0.742. The van der Waals surface area contributed by atoms with E-state index < -0.39 is 5.97 Å². The molecule has 0 radical (unpaired) electrons. The van der Waals surface area contributed by atoms with E-state index in [4.69, 9.17) is 5.11 Å². The van der Waals surface area contributed by atoms with Gasteiger partial charge in [0.15, 0.2) is 0 Å². The van der Waals surface area contributed by atoms with Crippen molar-refractivity contribution in [1.82, 2.24) is 0 Å². The SMILES string of the molecule is CC1(C)CCC(C)(C)c2sc(N(CC3CC3)c3ccc(CCC(=O)O)cc3)[nH+]c21. The summed E-state index contributed by atoms with van der Waals surface area (Å²) < 4.78 is 0. The number of carboxylic acids is 1. The number of benzene rings is 1. The fourth-order valence-corrected chi connectivity index (χ4v) is 5.68. The van der Waals surface area contributed by atoms with E-state index in [1.165, 1.54) is 47.1 Å². The van der Waals surface area contributed by atoms with Gasteiger partial charge in [0.2, 0.25) is 0 Å². The van der Waals surface area contributed by atoms with Gasteiger partial charge in [-0.05, 0) is 55.7 Å². The van der Waals surface area contributed by atoms with Gasteiger partial charge < -0.3 is 5.11 Å². The van der Waals surface area contributed by atoms with Crippen molar-refractivity contribution < 1.29 is 14.9 Å². The van der Waals surface area contributed by atoms with Crippen LogP contribution in [0.4, 0.5) is 10.8 Å². The second kappa shape index (κ2) is 7.42. The van der Waals surface area contributed by atoms with Crippen molar-refractivity contribution in [3.8, 4) is 0 Å². The fourth-order valence-electron chi connectivity index (χ4n) is 4.23. The molecule has 4 nitrogen and oxygen atoms in total. The number of rotatable bonds is 7. The molecule has 0 saturated heterocycles. The summed E-state index contributed by atoms with van der Waals surface area (Å²) in [4.78, 5) is 18.6. The maximum Gasteiger partial charge on any atom is 0.339 e. The van der Waals surface area contributed by atoms with E-state index in [0.717, 1.165) is 18.0 Å². The first-order chi connectivity index (χ1) is 13.7. The predicted molar refractivity (Wildman–Crippen MR) is 118 cm³/mol. The molecule has 1 saturated carbocycles. The number of aromatic amines is 1. The molecule has 29 heavy (non-hydrogen) atoms. The number of anilines is 2. The summed E-state index contributed by atoms with van der Waals surface area (Å²) in [7, 11) is 0. The van der Waals surface area contributed by atoms with Crippen molar-refractivity contribution in [3.63, 3.8) is 0 Å². The van der Waals surface area contributed by atoms with E-state index in [0.29, 0.717) is 6.42 Å². The van der Waals surface area contributed by atoms with Crippen LogP contribution in [0.15, 0.2) is 24.3 Å². The maximum atomic E-state index is 10.9. The largest absolute Gasteiger partial charge is 0.481 e. The van der Waals surface area contributed by atoms with Crippen LogP contribution >= 0.6 is 11.3 Å². The molecule has 0 bridgehead atoms. The summed E-state index contributed by atoms with van der Waals surface area (Å²) in [6.45, 7) is 10.5. The Balaban J connectivity index is 1.66. The molecule has 4 rings (SSSR count). The van der Waals surface area contributed by atoms with Crippen molar-refractivity contribution >= 4 is 28.1 Å². The van der Waals surface area contributed by atoms with Crippen LogP contribution in [-0.2, 0) is 22.0 Å². The van der Waals surface area contributed by atoms with Crippen LogP contribution in [0.2, 0.25) is 0 Å². The van der Waals surface area contributed by atoms with Gasteiger partial charge in [-0.15, -0.1) is 0 Å². The van der Waals surface area contributed by atoms with Gasteiger partial charge in [-0.2, -0.15) is 0 Å². The smallest absolute Gasteiger partial charge is 0.339 e. The molecule has 1 aromatic carbocycles. The highest BCUT2D eigenvalue weighted by Gasteiger charge is 2.44. The van der Waals surface area contributed by atoms with E-state index in [1.54, 1.807) is 0 Å². The third-order valence-electron chi connectivity index (χ3n) is 6.58. The molecular formula is C24H33N2O2S+. The van der Waals surface area contributed by atoms with E-state index in [2.05, 4.69) is 61.8 Å². The van der Waals surface area contributed by atoms with Gasteiger partial charge in [0.25, 0.3) is 0 Å². The monoisotopic (exact) mass is 413 g/mol. The van der Waals surface area contributed by atoms with E-state index in [9.17, 15) is 4.79 Å². The molecule has 1 fully saturated rings. The molecule has 2 aliphatic carbocycles. The number of hydrogen-bond acceptors (Lipinski definition) is 3. The second-order valence-corrected chi connectivity index (χ2v) is 11.1. The molecule has 2 N–H and O–H groups in total. The topological polar surface area (TPSA) is 54.7 Å². The molecule has 0 unspecified atom stereocenters. The number of aromatic nitrogens is 1. The Bertz CT molecular complexity index is 861. The number of carbonyl (C=O) groups is 1.